The van der Waals surface area contributed by atoms with E-state index in [-0.39, 0.29) is 18.7 Å². The second-order valence-corrected chi connectivity index (χ2v) is 4.28. The van der Waals surface area contributed by atoms with E-state index in [9.17, 15) is 9.59 Å². The molecule has 104 valence electrons. The molecule has 5 heteroatoms. The normalized spacial score (nSPS) is 9.89. The molecule has 0 aromatic heterocycles. The maximum absolute atomic E-state index is 11.8. The van der Waals surface area contributed by atoms with Crippen LogP contribution in [0.5, 0.6) is 5.75 Å². The predicted molar refractivity (Wildman–Crippen MR) is 72.3 cm³/mol. The van der Waals surface area contributed by atoms with Crippen molar-refractivity contribution in [3.05, 3.63) is 23.3 Å². The van der Waals surface area contributed by atoms with E-state index >= 15 is 0 Å². The molecular weight excluding hydrogens is 246 g/mol. The summed E-state index contributed by atoms with van der Waals surface area (Å²) < 4.78 is 9.74. The number of esters is 1. The van der Waals surface area contributed by atoms with Crippen molar-refractivity contribution in [3.63, 3.8) is 0 Å². The van der Waals surface area contributed by atoms with Gasteiger partial charge in [-0.2, -0.15) is 0 Å². The van der Waals surface area contributed by atoms with E-state index in [1.807, 2.05) is 26.0 Å². The average molecular weight is 265 g/mol. The molecule has 0 atom stereocenters. The molecule has 0 saturated carbocycles. The highest BCUT2D eigenvalue weighted by Gasteiger charge is 2.12. The highest BCUT2D eigenvalue weighted by atomic mass is 16.5. The third kappa shape index (κ3) is 4.28. The number of carbonyl (C=O) groups excluding carboxylic acids is 2. The molecule has 0 saturated heterocycles. The lowest BCUT2D eigenvalue weighted by atomic mass is 10.1. The summed E-state index contributed by atoms with van der Waals surface area (Å²) in [5.74, 6) is -0.0256. The van der Waals surface area contributed by atoms with Gasteiger partial charge in [-0.1, -0.05) is 6.07 Å². The molecule has 5 nitrogen and oxygen atoms in total. The number of rotatable bonds is 5. The molecule has 1 aromatic rings. The summed E-state index contributed by atoms with van der Waals surface area (Å²) >= 11 is 0. The second-order valence-electron chi connectivity index (χ2n) is 4.28. The molecule has 0 aliphatic carbocycles. The summed E-state index contributed by atoms with van der Waals surface area (Å²) in [6.45, 7) is 3.85. The van der Waals surface area contributed by atoms with Gasteiger partial charge >= 0.3 is 5.97 Å². The number of methoxy groups -OCH3 is 2. The van der Waals surface area contributed by atoms with Crippen LogP contribution in [0.25, 0.3) is 0 Å². The van der Waals surface area contributed by atoms with Gasteiger partial charge in [-0.15, -0.1) is 0 Å². The van der Waals surface area contributed by atoms with Crippen LogP contribution in [0.1, 0.15) is 24.0 Å². The number of carbonyl (C=O) groups is 2. The zero-order chi connectivity index (χ0) is 14.4. The van der Waals surface area contributed by atoms with E-state index in [1.54, 1.807) is 7.11 Å². The largest absolute Gasteiger partial charge is 0.495 e. The van der Waals surface area contributed by atoms with Crippen LogP contribution in [0.2, 0.25) is 0 Å². The maximum atomic E-state index is 11.8. The summed E-state index contributed by atoms with van der Waals surface area (Å²) in [4.78, 5) is 22.7. The van der Waals surface area contributed by atoms with E-state index in [1.165, 1.54) is 7.11 Å². The molecule has 1 aromatic carbocycles. The van der Waals surface area contributed by atoms with Crippen molar-refractivity contribution in [3.8, 4) is 5.75 Å². The lowest BCUT2D eigenvalue weighted by Gasteiger charge is -2.14. The molecule has 0 unspecified atom stereocenters. The van der Waals surface area contributed by atoms with Crippen LogP contribution >= 0.6 is 0 Å². The average Bonchev–Trinajstić information content (AvgIpc) is 2.38. The zero-order valence-electron chi connectivity index (χ0n) is 11.7. The van der Waals surface area contributed by atoms with Crippen LogP contribution < -0.4 is 10.1 Å². The number of amides is 1. The number of aryl methyl sites for hydroxylation is 2. The van der Waals surface area contributed by atoms with E-state index in [2.05, 4.69) is 10.1 Å². The van der Waals surface area contributed by atoms with Gasteiger partial charge in [-0.3, -0.25) is 9.59 Å². The van der Waals surface area contributed by atoms with Crippen molar-refractivity contribution in [1.82, 2.24) is 0 Å². The standard InChI is InChI=1S/C14H19NO4/c1-9-7-10(2)14(11(8-9)18-3)15-12(16)5-6-13(17)19-4/h7-8H,5-6H2,1-4H3,(H,15,16). The Balaban J connectivity index is 2.76. The summed E-state index contributed by atoms with van der Waals surface area (Å²) in [5, 5.41) is 2.76. The van der Waals surface area contributed by atoms with Gasteiger partial charge in [0.15, 0.2) is 0 Å². The molecule has 0 fully saturated rings. The molecular formula is C14H19NO4. The van der Waals surface area contributed by atoms with Gasteiger partial charge in [0, 0.05) is 6.42 Å². The van der Waals surface area contributed by atoms with Gasteiger partial charge in [-0.25, -0.2) is 0 Å². The van der Waals surface area contributed by atoms with E-state index < -0.39 is 5.97 Å². The third-order valence-electron chi connectivity index (χ3n) is 2.71. The maximum Gasteiger partial charge on any atom is 0.306 e. The Morgan fingerprint density at radius 2 is 1.84 bits per heavy atom. The molecule has 0 aliphatic heterocycles. The lowest BCUT2D eigenvalue weighted by Crippen LogP contribution is -2.15. The first-order chi connectivity index (χ1) is 8.97. The van der Waals surface area contributed by atoms with E-state index in [0.29, 0.717) is 11.4 Å². The smallest absolute Gasteiger partial charge is 0.306 e. The van der Waals surface area contributed by atoms with Crippen molar-refractivity contribution in [1.29, 1.82) is 0 Å². The minimum absolute atomic E-state index is 0.0650. The van der Waals surface area contributed by atoms with Crippen LogP contribution in [0.4, 0.5) is 5.69 Å². The third-order valence-corrected chi connectivity index (χ3v) is 2.71. The number of ether oxygens (including phenoxy) is 2. The number of hydrogen-bond acceptors (Lipinski definition) is 4. The Morgan fingerprint density at radius 3 is 2.42 bits per heavy atom. The first-order valence-electron chi connectivity index (χ1n) is 5.99. The fraction of sp³-hybridized carbons (Fsp3) is 0.429. The SMILES string of the molecule is COC(=O)CCC(=O)Nc1c(C)cc(C)cc1OC. The van der Waals surface area contributed by atoms with E-state index in [4.69, 9.17) is 4.74 Å². The van der Waals surface area contributed by atoms with Crippen molar-refractivity contribution >= 4 is 17.6 Å². The first kappa shape index (κ1) is 15.0. The molecule has 0 bridgehead atoms. The minimum Gasteiger partial charge on any atom is -0.495 e. The van der Waals surface area contributed by atoms with Crippen molar-refractivity contribution in [2.24, 2.45) is 0 Å². The van der Waals surface area contributed by atoms with Crippen molar-refractivity contribution in [2.75, 3.05) is 19.5 Å². The lowest BCUT2D eigenvalue weighted by molar-refractivity contribution is -0.141. The minimum atomic E-state index is -0.400. The van der Waals surface area contributed by atoms with Gasteiger partial charge in [0.25, 0.3) is 0 Å². The Hall–Kier alpha value is -2.04. The monoisotopic (exact) mass is 265 g/mol. The summed E-state index contributed by atoms with van der Waals surface area (Å²) in [6.07, 6.45) is 0.151. The van der Waals surface area contributed by atoms with Crippen LogP contribution in [-0.2, 0) is 14.3 Å². The van der Waals surface area contributed by atoms with Crippen LogP contribution in [0.15, 0.2) is 12.1 Å². The second kappa shape index (κ2) is 6.78. The fourth-order valence-corrected chi connectivity index (χ4v) is 1.77. The summed E-state index contributed by atoms with van der Waals surface area (Å²) in [7, 11) is 2.85. The highest BCUT2D eigenvalue weighted by Crippen LogP contribution is 2.29. The van der Waals surface area contributed by atoms with Crippen LogP contribution in [0, 0.1) is 13.8 Å². The quantitative estimate of drug-likeness (QED) is 0.829. The van der Waals surface area contributed by atoms with Gasteiger partial charge in [0.2, 0.25) is 5.91 Å². The predicted octanol–water partition coefficient (Wildman–Crippen LogP) is 2.20. The van der Waals surface area contributed by atoms with Gasteiger partial charge in [-0.05, 0) is 31.0 Å². The van der Waals surface area contributed by atoms with Crippen LogP contribution in [-0.4, -0.2) is 26.1 Å². The Kier molecular flexibility index (Phi) is 5.36. The Bertz CT molecular complexity index is 483. The Labute approximate surface area is 112 Å². The number of anilines is 1. The molecule has 1 N–H and O–H groups in total. The molecule has 0 spiro atoms. The highest BCUT2D eigenvalue weighted by molar-refractivity contribution is 5.94. The fourth-order valence-electron chi connectivity index (χ4n) is 1.77. The molecule has 1 amide bonds. The number of benzene rings is 1. The summed E-state index contributed by atoms with van der Waals surface area (Å²) in [6, 6.07) is 3.81. The molecule has 19 heavy (non-hydrogen) atoms. The van der Waals surface area contributed by atoms with Crippen LogP contribution in [0.3, 0.4) is 0 Å². The first-order valence-corrected chi connectivity index (χ1v) is 5.99. The molecule has 1 rings (SSSR count). The van der Waals surface area contributed by atoms with Crippen molar-refractivity contribution < 1.29 is 19.1 Å². The molecule has 0 radical (unpaired) electrons. The van der Waals surface area contributed by atoms with Gasteiger partial charge in [0.05, 0.1) is 26.3 Å². The molecule has 0 heterocycles. The Morgan fingerprint density at radius 1 is 1.16 bits per heavy atom. The topological polar surface area (TPSA) is 64.6 Å². The van der Waals surface area contributed by atoms with Crippen molar-refractivity contribution in [2.45, 2.75) is 26.7 Å². The number of hydrogen-bond donors (Lipinski definition) is 1. The summed E-state index contributed by atoms with van der Waals surface area (Å²) in [5.41, 5.74) is 2.62. The zero-order valence-corrected chi connectivity index (χ0v) is 11.7. The van der Waals surface area contributed by atoms with Gasteiger partial charge in [0.1, 0.15) is 5.75 Å². The number of nitrogens with one attached hydrogen (secondary N) is 1. The molecule has 0 aliphatic rings. The van der Waals surface area contributed by atoms with E-state index in [0.717, 1.165) is 11.1 Å². The van der Waals surface area contributed by atoms with Gasteiger partial charge < -0.3 is 14.8 Å².